The van der Waals surface area contributed by atoms with E-state index in [0.717, 1.165) is 35.8 Å². The molecule has 1 fully saturated rings. The summed E-state index contributed by atoms with van der Waals surface area (Å²) >= 11 is 3.39. The molecule has 0 aliphatic heterocycles. The van der Waals surface area contributed by atoms with Crippen LogP contribution in [0.15, 0.2) is 28.7 Å². The monoisotopic (exact) mass is 331 g/mol. The van der Waals surface area contributed by atoms with E-state index >= 15 is 0 Å². The van der Waals surface area contributed by atoms with Crippen molar-refractivity contribution >= 4 is 31.5 Å². The molecule has 0 aromatic heterocycles. The molecular weight excluding hydrogens is 314 g/mol. The summed E-state index contributed by atoms with van der Waals surface area (Å²) in [5.41, 5.74) is 0.950. The van der Waals surface area contributed by atoms with Gasteiger partial charge in [0.25, 0.3) is 0 Å². The van der Waals surface area contributed by atoms with E-state index in [1.807, 2.05) is 24.3 Å². The third-order valence-electron chi connectivity index (χ3n) is 3.35. The summed E-state index contributed by atoms with van der Waals surface area (Å²) in [6.07, 6.45) is 3.81. The van der Waals surface area contributed by atoms with Crippen LogP contribution in [0.25, 0.3) is 0 Å². The zero-order valence-corrected chi connectivity index (χ0v) is 12.6. The number of rotatable bonds is 5. The molecule has 1 aromatic rings. The zero-order chi connectivity index (χ0) is 13.0. The average Bonchev–Trinajstić information content (AvgIpc) is 2.83. The lowest BCUT2D eigenvalue weighted by atomic mass is 10.3. The minimum Gasteiger partial charge on any atom is -0.384 e. The number of anilines is 1. The third-order valence-corrected chi connectivity index (χ3v) is 6.10. The van der Waals surface area contributed by atoms with Crippen molar-refractivity contribution in [2.45, 2.75) is 30.9 Å². The first-order valence-corrected chi connectivity index (χ1v) is 8.80. The van der Waals surface area contributed by atoms with Crippen LogP contribution in [0.4, 0.5) is 5.69 Å². The van der Waals surface area contributed by atoms with Crippen molar-refractivity contribution in [1.29, 1.82) is 0 Å². The van der Waals surface area contributed by atoms with E-state index in [-0.39, 0.29) is 11.0 Å². The van der Waals surface area contributed by atoms with Crippen LogP contribution in [0.3, 0.4) is 0 Å². The summed E-state index contributed by atoms with van der Waals surface area (Å²) in [7, 11) is -2.91. The Kier molecular flexibility index (Phi) is 4.67. The van der Waals surface area contributed by atoms with Gasteiger partial charge in [-0.15, -0.1) is 0 Å². The smallest absolute Gasteiger partial charge is 0.154 e. The molecule has 0 unspecified atom stereocenters. The van der Waals surface area contributed by atoms with Crippen LogP contribution in [-0.2, 0) is 9.84 Å². The van der Waals surface area contributed by atoms with Gasteiger partial charge in [0, 0.05) is 16.7 Å². The minimum atomic E-state index is -2.91. The van der Waals surface area contributed by atoms with Gasteiger partial charge in [-0.3, -0.25) is 0 Å². The van der Waals surface area contributed by atoms with Gasteiger partial charge in [-0.2, -0.15) is 0 Å². The molecule has 0 radical (unpaired) electrons. The van der Waals surface area contributed by atoms with Gasteiger partial charge >= 0.3 is 0 Å². The predicted octanol–water partition coefficient (Wildman–Crippen LogP) is 3.22. The molecule has 18 heavy (non-hydrogen) atoms. The van der Waals surface area contributed by atoms with Crippen LogP contribution in [0.5, 0.6) is 0 Å². The number of nitrogens with one attached hydrogen (secondary N) is 1. The van der Waals surface area contributed by atoms with E-state index in [1.54, 1.807) is 0 Å². The molecule has 0 spiro atoms. The van der Waals surface area contributed by atoms with Gasteiger partial charge in [-0.1, -0.05) is 34.8 Å². The first-order valence-electron chi connectivity index (χ1n) is 6.29. The van der Waals surface area contributed by atoms with Crippen molar-refractivity contribution in [2.75, 3.05) is 17.6 Å². The zero-order valence-electron chi connectivity index (χ0n) is 10.2. The summed E-state index contributed by atoms with van der Waals surface area (Å²) < 4.78 is 25.1. The molecule has 3 nitrogen and oxygen atoms in total. The molecule has 1 N–H and O–H groups in total. The van der Waals surface area contributed by atoms with Gasteiger partial charge < -0.3 is 5.32 Å². The fourth-order valence-corrected chi connectivity index (χ4v) is 4.52. The maximum absolute atomic E-state index is 12.0. The lowest BCUT2D eigenvalue weighted by Gasteiger charge is -2.12. The molecule has 2 rings (SSSR count). The lowest BCUT2D eigenvalue weighted by molar-refractivity contribution is 0.580. The lowest BCUT2D eigenvalue weighted by Crippen LogP contribution is -2.25. The van der Waals surface area contributed by atoms with Crippen molar-refractivity contribution in [1.82, 2.24) is 0 Å². The first-order chi connectivity index (χ1) is 8.58. The highest BCUT2D eigenvalue weighted by atomic mass is 79.9. The highest BCUT2D eigenvalue weighted by molar-refractivity contribution is 9.10. The van der Waals surface area contributed by atoms with Crippen LogP contribution in [-0.4, -0.2) is 26.0 Å². The van der Waals surface area contributed by atoms with Gasteiger partial charge in [-0.25, -0.2) is 8.42 Å². The Morgan fingerprint density at radius 2 is 2.00 bits per heavy atom. The van der Waals surface area contributed by atoms with Crippen molar-refractivity contribution < 1.29 is 8.42 Å². The number of sulfone groups is 1. The molecular formula is C13H18BrNO2S. The molecule has 0 atom stereocenters. The Morgan fingerprint density at radius 3 is 2.67 bits per heavy atom. The van der Waals surface area contributed by atoms with E-state index in [2.05, 4.69) is 21.2 Å². The second kappa shape index (κ2) is 6.06. The average molecular weight is 332 g/mol. The first kappa shape index (κ1) is 13.9. The molecule has 0 heterocycles. The van der Waals surface area contributed by atoms with Gasteiger partial charge in [0.15, 0.2) is 9.84 Å². The number of hydrogen-bond acceptors (Lipinski definition) is 3. The van der Waals surface area contributed by atoms with Crippen LogP contribution >= 0.6 is 15.9 Å². The Hall–Kier alpha value is -0.550. The quantitative estimate of drug-likeness (QED) is 0.901. The molecule has 0 saturated heterocycles. The highest BCUT2D eigenvalue weighted by Crippen LogP contribution is 2.25. The largest absolute Gasteiger partial charge is 0.384 e. The van der Waals surface area contributed by atoms with Crippen LogP contribution in [0.2, 0.25) is 0 Å². The van der Waals surface area contributed by atoms with Crippen molar-refractivity contribution in [3.63, 3.8) is 0 Å². The van der Waals surface area contributed by atoms with Crippen LogP contribution < -0.4 is 5.32 Å². The minimum absolute atomic E-state index is 0.0955. The van der Waals surface area contributed by atoms with Gasteiger partial charge in [0.1, 0.15) is 0 Å². The van der Waals surface area contributed by atoms with Gasteiger partial charge in [0.2, 0.25) is 0 Å². The maximum atomic E-state index is 12.0. The number of halogens is 1. The van der Waals surface area contributed by atoms with Crippen molar-refractivity contribution in [2.24, 2.45) is 0 Å². The highest BCUT2D eigenvalue weighted by Gasteiger charge is 2.27. The molecule has 0 amide bonds. The summed E-state index contributed by atoms with van der Waals surface area (Å²) in [5.74, 6) is 0.226. The van der Waals surface area contributed by atoms with E-state index in [0.29, 0.717) is 6.54 Å². The normalized spacial score (nSPS) is 16.9. The number of benzene rings is 1. The molecule has 1 aliphatic rings. The standard InChI is InChI=1S/C13H18BrNO2S/c14-11-4-3-5-12(10-11)15-8-9-18(16,17)13-6-1-2-7-13/h3-5,10,13,15H,1-2,6-9H2. The van der Waals surface area contributed by atoms with E-state index in [1.165, 1.54) is 0 Å². The number of hydrogen-bond donors (Lipinski definition) is 1. The molecule has 5 heteroatoms. The van der Waals surface area contributed by atoms with Crippen LogP contribution in [0.1, 0.15) is 25.7 Å². The fourth-order valence-electron chi connectivity index (χ4n) is 2.35. The van der Waals surface area contributed by atoms with Crippen LogP contribution in [0, 0.1) is 0 Å². The van der Waals surface area contributed by atoms with Crippen molar-refractivity contribution in [3.8, 4) is 0 Å². The third kappa shape index (κ3) is 3.72. The second-order valence-electron chi connectivity index (χ2n) is 4.71. The Morgan fingerprint density at radius 1 is 1.28 bits per heavy atom. The summed E-state index contributed by atoms with van der Waals surface area (Å²) in [4.78, 5) is 0. The van der Waals surface area contributed by atoms with Gasteiger partial charge in [-0.05, 0) is 31.0 Å². The van der Waals surface area contributed by atoms with Gasteiger partial charge in [0.05, 0.1) is 11.0 Å². The maximum Gasteiger partial charge on any atom is 0.154 e. The van der Waals surface area contributed by atoms with E-state index in [9.17, 15) is 8.42 Å². The molecule has 1 aromatic carbocycles. The molecule has 100 valence electrons. The topological polar surface area (TPSA) is 46.2 Å². The summed E-state index contributed by atoms with van der Waals surface area (Å²) in [6.45, 7) is 0.481. The SMILES string of the molecule is O=S(=O)(CCNc1cccc(Br)c1)C1CCCC1. The summed E-state index contributed by atoms with van der Waals surface area (Å²) in [5, 5.41) is 3.06. The molecule has 0 bridgehead atoms. The molecule has 1 saturated carbocycles. The van der Waals surface area contributed by atoms with E-state index < -0.39 is 9.84 Å². The Balaban J connectivity index is 1.84. The molecule has 1 aliphatic carbocycles. The second-order valence-corrected chi connectivity index (χ2v) is 8.03. The fraction of sp³-hybridized carbons (Fsp3) is 0.538. The predicted molar refractivity (Wildman–Crippen MR) is 78.7 cm³/mol. The van der Waals surface area contributed by atoms with E-state index in [4.69, 9.17) is 0 Å². The Bertz CT molecular complexity index is 495. The Labute approximate surface area is 117 Å². The van der Waals surface area contributed by atoms with Crippen molar-refractivity contribution in [3.05, 3.63) is 28.7 Å². The summed E-state index contributed by atoms with van der Waals surface area (Å²) in [6, 6.07) is 7.76.